The van der Waals surface area contributed by atoms with Crippen molar-refractivity contribution in [3.8, 4) is 0 Å². The van der Waals surface area contributed by atoms with E-state index in [0.717, 1.165) is 17.0 Å². The summed E-state index contributed by atoms with van der Waals surface area (Å²) < 4.78 is 10.2. The second kappa shape index (κ2) is 8.00. The van der Waals surface area contributed by atoms with Gasteiger partial charge in [-0.15, -0.1) is 11.8 Å². The summed E-state index contributed by atoms with van der Waals surface area (Å²) in [7, 11) is 0. The fourth-order valence-electron chi connectivity index (χ4n) is 3.09. The second-order valence-corrected chi connectivity index (χ2v) is 7.97. The van der Waals surface area contributed by atoms with Crippen LogP contribution in [0.5, 0.6) is 0 Å². The molecule has 2 heterocycles. The summed E-state index contributed by atoms with van der Waals surface area (Å²) in [6, 6.07) is 8.96. The topological polar surface area (TPSA) is 76.8 Å². The summed E-state index contributed by atoms with van der Waals surface area (Å²) in [5, 5.41) is 0.393. The Morgan fingerprint density at radius 2 is 2.04 bits per heavy atom. The van der Waals surface area contributed by atoms with Crippen LogP contribution in [-0.4, -0.2) is 30.3 Å². The molecule has 0 radical (unpaired) electrons. The zero-order valence-electron chi connectivity index (χ0n) is 15.5. The fraction of sp³-hybridized carbons (Fsp3) is 0.350. The van der Waals surface area contributed by atoms with Crippen molar-refractivity contribution in [2.45, 2.75) is 37.3 Å². The van der Waals surface area contributed by atoms with Gasteiger partial charge in [-0.2, -0.15) is 0 Å². The lowest BCUT2D eigenvalue weighted by Gasteiger charge is -2.22. The summed E-state index contributed by atoms with van der Waals surface area (Å²) in [4.78, 5) is 39.2. The average Bonchev–Trinajstić information content (AvgIpc) is 2.77. The molecule has 0 N–H and O–H groups in total. The largest absolute Gasteiger partial charge is 0.452 e. The molecular formula is C20H21NO5S. The number of hydrogen-bond acceptors (Lipinski definition) is 6. The summed E-state index contributed by atoms with van der Waals surface area (Å²) >= 11 is 1.74. The number of aryl methyl sites for hydroxylation is 2. The first-order chi connectivity index (χ1) is 12.9. The molecule has 1 atom stereocenters. The van der Waals surface area contributed by atoms with Crippen molar-refractivity contribution in [3.63, 3.8) is 0 Å². The summed E-state index contributed by atoms with van der Waals surface area (Å²) in [5.74, 6) is -0.770. The fourth-order valence-corrected chi connectivity index (χ4v) is 4.20. The van der Waals surface area contributed by atoms with Gasteiger partial charge in [0, 0.05) is 22.8 Å². The van der Waals surface area contributed by atoms with E-state index in [0.29, 0.717) is 17.4 Å². The minimum absolute atomic E-state index is 0.183. The number of nitrogens with zero attached hydrogens (tertiary/aromatic N) is 1. The van der Waals surface area contributed by atoms with Crippen LogP contribution < -0.4 is 10.5 Å². The molecule has 1 unspecified atom stereocenters. The van der Waals surface area contributed by atoms with Gasteiger partial charge in [-0.3, -0.25) is 4.79 Å². The SMILES string of the molecule is Cc1cc(=O)oc(C)c1C(=O)OCC(=O)N1CCC(C)Sc2ccccc21. The number of carbonyl (C=O) groups excluding carboxylic acids is 2. The van der Waals surface area contributed by atoms with Crippen molar-refractivity contribution in [2.75, 3.05) is 18.1 Å². The number of anilines is 1. The molecule has 27 heavy (non-hydrogen) atoms. The summed E-state index contributed by atoms with van der Waals surface area (Å²) in [6.45, 7) is 5.48. The molecule has 1 aromatic heterocycles. The number of fused-ring (bicyclic) bond motifs is 1. The van der Waals surface area contributed by atoms with Gasteiger partial charge >= 0.3 is 11.6 Å². The molecule has 0 bridgehead atoms. The zero-order chi connectivity index (χ0) is 19.6. The molecule has 6 nitrogen and oxygen atoms in total. The van der Waals surface area contributed by atoms with Gasteiger partial charge in [-0.05, 0) is 38.0 Å². The number of carbonyl (C=O) groups is 2. The summed E-state index contributed by atoms with van der Waals surface area (Å²) in [5.41, 5.74) is 0.964. The third-order valence-corrected chi connectivity index (χ3v) is 5.65. The van der Waals surface area contributed by atoms with E-state index in [1.54, 1.807) is 23.6 Å². The Hall–Kier alpha value is -2.54. The quantitative estimate of drug-likeness (QED) is 0.752. The monoisotopic (exact) mass is 387 g/mol. The van der Waals surface area contributed by atoms with Crippen molar-refractivity contribution >= 4 is 29.3 Å². The highest BCUT2D eigenvalue weighted by Gasteiger charge is 2.25. The van der Waals surface area contributed by atoms with E-state index in [4.69, 9.17) is 9.15 Å². The van der Waals surface area contributed by atoms with E-state index in [9.17, 15) is 14.4 Å². The number of ether oxygens (including phenoxy) is 1. The van der Waals surface area contributed by atoms with Crippen LogP contribution in [0.4, 0.5) is 5.69 Å². The molecule has 7 heteroatoms. The van der Waals surface area contributed by atoms with E-state index in [1.807, 2.05) is 24.3 Å². The molecule has 1 aromatic carbocycles. The number of rotatable bonds is 3. The third-order valence-electron chi connectivity index (χ3n) is 4.41. The lowest BCUT2D eigenvalue weighted by Crippen LogP contribution is -2.36. The Morgan fingerprint density at radius 3 is 2.78 bits per heavy atom. The van der Waals surface area contributed by atoms with Gasteiger partial charge in [0.25, 0.3) is 5.91 Å². The smallest absolute Gasteiger partial charge is 0.342 e. The molecule has 2 aromatic rings. The zero-order valence-corrected chi connectivity index (χ0v) is 16.3. The van der Waals surface area contributed by atoms with Crippen LogP contribution >= 0.6 is 11.8 Å². The normalized spacial score (nSPS) is 16.4. The highest BCUT2D eigenvalue weighted by molar-refractivity contribution is 8.00. The average molecular weight is 387 g/mol. The molecule has 1 aliphatic rings. The van der Waals surface area contributed by atoms with Crippen LogP contribution in [-0.2, 0) is 9.53 Å². The maximum atomic E-state index is 12.7. The molecule has 0 fully saturated rings. The van der Waals surface area contributed by atoms with E-state index < -0.39 is 11.6 Å². The van der Waals surface area contributed by atoms with Crippen molar-refractivity contribution < 1.29 is 18.7 Å². The number of thioether (sulfide) groups is 1. The predicted octanol–water partition coefficient (Wildman–Crippen LogP) is 3.33. The molecule has 0 spiro atoms. The van der Waals surface area contributed by atoms with Gasteiger partial charge in [0.2, 0.25) is 0 Å². The van der Waals surface area contributed by atoms with Crippen LogP contribution in [0.1, 0.15) is 35.0 Å². The predicted molar refractivity (Wildman–Crippen MR) is 103 cm³/mol. The Labute approximate surface area is 161 Å². The highest BCUT2D eigenvalue weighted by Crippen LogP contribution is 2.37. The standard InChI is InChI=1S/C20H21NO5S/c1-12-10-18(23)26-14(3)19(12)20(24)25-11-17(22)21-9-8-13(2)27-16-7-5-4-6-15(16)21/h4-7,10,13H,8-9,11H2,1-3H3. The van der Waals surface area contributed by atoms with Gasteiger partial charge < -0.3 is 14.1 Å². The minimum Gasteiger partial charge on any atom is -0.452 e. The van der Waals surface area contributed by atoms with E-state index in [1.165, 1.54) is 13.0 Å². The molecule has 0 saturated heterocycles. The molecule has 142 valence electrons. The number of benzene rings is 1. The second-order valence-electron chi connectivity index (χ2n) is 6.49. The van der Waals surface area contributed by atoms with Gasteiger partial charge in [0.05, 0.1) is 5.69 Å². The third kappa shape index (κ3) is 4.24. The van der Waals surface area contributed by atoms with E-state index in [-0.39, 0.29) is 23.8 Å². The Balaban J connectivity index is 1.75. The number of amides is 1. The van der Waals surface area contributed by atoms with Crippen LogP contribution in [0.15, 0.2) is 44.4 Å². The number of para-hydroxylation sites is 1. The van der Waals surface area contributed by atoms with Gasteiger partial charge in [-0.25, -0.2) is 9.59 Å². The lowest BCUT2D eigenvalue weighted by molar-refractivity contribution is -0.121. The maximum Gasteiger partial charge on any atom is 0.342 e. The molecular weight excluding hydrogens is 366 g/mol. The van der Waals surface area contributed by atoms with Crippen LogP contribution in [0.25, 0.3) is 0 Å². The molecule has 1 aliphatic heterocycles. The molecule has 0 saturated carbocycles. The Morgan fingerprint density at radius 1 is 1.30 bits per heavy atom. The minimum atomic E-state index is -0.673. The van der Waals surface area contributed by atoms with Crippen molar-refractivity contribution in [1.82, 2.24) is 0 Å². The maximum absolute atomic E-state index is 12.7. The Bertz CT molecular complexity index is 910. The van der Waals surface area contributed by atoms with E-state index >= 15 is 0 Å². The lowest BCUT2D eigenvalue weighted by atomic mass is 10.1. The van der Waals surface area contributed by atoms with Crippen molar-refractivity contribution in [2.24, 2.45) is 0 Å². The first kappa shape index (κ1) is 19.2. The van der Waals surface area contributed by atoms with Gasteiger partial charge in [0.1, 0.15) is 11.3 Å². The first-order valence-electron chi connectivity index (χ1n) is 8.71. The van der Waals surface area contributed by atoms with Crippen molar-refractivity contribution in [1.29, 1.82) is 0 Å². The first-order valence-corrected chi connectivity index (χ1v) is 9.59. The van der Waals surface area contributed by atoms with Crippen LogP contribution in [0, 0.1) is 13.8 Å². The molecule has 3 rings (SSSR count). The number of esters is 1. The summed E-state index contributed by atoms with van der Waals surface area (Å²) in [6.07, 6.45) is 0.848. The molecule has 0 aliphatic carbocycles. The molecule has 1 amide bonds. The number of hydrogen-bond donors (Lipinski definition) is 0. The van der Waals surface area contributed by atoms with Gasteiger partial charge in [0.15, 0.2) is 6.61 Å². The Kier molecular flexibility index (Phi) is 5.70. The van der Waals surface area contributed by atoms with E-state index in [2.05, 4.69) is 6.92 Å². The van der Waals surface area contributed by atoms with Crippen LogP contribution in [0.3, 0.4) is 0 Å². The highest BCUT2D eigenvalue weighted by atomic mass is 32.2. The van der Waals surface area contributed by atoms with Gasteiger partial charge in [-0.1, -0.05) is 19.1 Å². The van der Waals surface area contributed by atoms with Crippen LogP contribution in [0.2, 0.25) is 0 Å². The van der Waals surface area contributed by atoms with Crippen molar-refractivity contribution in [3.05, 3.63) is 57.6 Å².